The molecule has 0 aliphatic heterocycles. The SMILES string of the molecule is COc1sc(C2(CON)CC2)cc1Br. The zero-order valence-electron chi connectivity index (χ0n) is 7.88. The molecule has 0 amide bonds. The van der Waals surface area contributed by atoms with Crippen molar-refractivity contribution in [2.45, 2.75) is 18.3 Å². The van der Waals surface area contributed by atoms with Crippen LogP contribution >= 0.6 is 27.3 Å². The van der Waals surface area contributed by atoms with Crippen LogP contribution in [0.2, 0.25) is 0 Å². The van der Waals surface area contributed by atoms with Crippen LogP contribution in [0.5, 0.6) is 5.06 Å². The van der Waals surface area contributed by atoms with E-state index in [0.717, 1.165) is 22.4 Å². The first-order valence-corrected chi connectivity index (χ1v) is 5.98. The topological polar surface area (TPSA) is 44.5 Å². The van der Waals surface area contributed by atoms with Crippen molar-refractivity contribution in [3.05, 3.63) is 15.4 Å². The van der Waals surface area contributed by atoms with Crippen LogP contribution in [0.4, 0.5) is 0 Å². The molecule has 1 aliphatic rings. The highest BCUT2D eigenvalue weighted by Crippen LogP contribution is 2.53. The maximum atomic E-state index is 5.23. The molecule has 14 heavy (non-hydrogen) atoms. The summed E-state index contributed by atoms with van der Waals surface area (Å²) >= 11 is 5.13. The molecule has 0 spiro atoms. The Morgan fingerprint density at radius 3 is 2.79 bits per heavy atom. The lowest BCUT2D eigenvalue weighted by molar-refractivity contribution is 0.117. The summed E-state index contributed by atoms with van der Waals surface area (Å²) in [6, 6.07) is 2.11. The lowest BCUT2D eigenvalue weighted by Gasteiger charge is -2.09. The molecule has 2 N–H and O–H groups in total. The van der Waals surface area contributed by atoms with E-state index in [1.54, 1.807) is 18.4 Å². The molecule has 1 fully saturated rings. The summed E-state index contributed by atoms with van der Waals surface area (Å²) in [5.41, 5.74) is 0.165. The minimum atomic E-state index is 0.165. The summed E-state index contributed by atoms with van der Waals surface area (Å²) in [7, 11) is 1.68. The molecule has 1 saturated carbocycles. The highest BCUT2D eigenvalue weighted by molar-refractivity contribution is 9.10. The van der Waals surface area contributed by atoms with Crippen molar-refractivity contribution in [3.63, 3.8) is 0 Å². The molecular weight excluding hydrogens is 266 g/mol. The predicted molar refractivity (Wildman–Crippen MR) is 59.6 cm³/mol. The Kier molecular flexibility index (Phi) is 2.83. The molecule has 2 rings (SSSR count). The van der Waals surface area contributed by atoms with E-state index in [-0.39, 0.29) is 5.41 Å². The number of hydrogen-bond acceptors (Lipinski definition) is 4. The quantitative estimate of drug-likeness (QED) is 0.860. The van der Waals surface area contributed by atoms with Crippen molar-refractivity contribution in [3.8, 4) is 5.06 Å². The first kappa shape index (κ1) is 10.4. The maximum Gasteiger partial charge on any atom is 0.188 e. The molecule has 0 unspecified atom stereocenters. The van der Waals surface area contributed by atoms with Gasteiger partial charge >= 0.3 is 0 Å². The number of rotatable bonds is 4. The smallest absolute Gasteiger partial charge is 0.188 e. The fraction of sp³-hybridized carbons (Fsp3) is 0.556. The highest BCUT2D eigenvalue weighted by atomic mass is 79.9. The van der Waals surface area contributed by atoms with Crippen LogP contribution in [0.3, 0.4) is 0 Å². The van der Waals surface area contributed by atoms with Crippen LogP contribution in [0.1, 0.15) is 17.7 Å². The molecule has 1 heterocycles. The van der Waals surface area contributed by atoms with Gasteiger partial charge in [-0.1, -0.05) is 0 Å². The molecule has 78 valence electrons. The van der Waals surface area contributed by atoms with E-state index in [4.69, 9.17) is 15.5 Å². The molecule has 5 heteroatoms. The van der Waals surface area contributed by atoms with E-state index in [0.29, 0.717) is 6.61 Å². The van der Waals surface area contributed by atoms with Gasteiger partial charge in [0, 0.05) is 10.3 Å². The maximum absolute atomic E-state index is 5.23. The number of ether oxygens (including phenoxy) is 1. The first-order chi connectivity index (χ1) is 6.72. The second kappa shape index (κ2) is 3.81. The molecule has 1 aromatic rings. The normalized spacial score (nSPS) is 18.2. The summed E-state index contributed by atoms with van der Waals surface area (Å²) < 4.78 is 6.24. The van der Waals surface area contributed by atoms with Gasteiger partial charge in [-0.2, -0.15) is 0 Å². The van der Waals surface area contributed by atoms with Crippen LogP contribution in [-0.4, -0.2) is 13.7 Å². The molecule has 0 bridgehead atoms. The van der Waals surface area contributed by atoms with E-state index < -0.39 is 0 Å². The average molecular weight is 278 g/mol. The van der Waals surface area contributed by atoms with Crippen molar-refractivity contribution >= 4 is 27.3 Å². The zero-order chi connectivity index (χ0) is 10.2. The molecular formula is C9H12BrNO2S. The third-order valence-electron chi connectivity index (χ3n) is 2.58. The Hall–Kier alpha value is -0.100. The van der Waals surface area contributed by atoms with Gasteiger partial charge in [-0.15, -0.1) is 11.3 Å². The fourth-order valence-electron chi connectivity index (χ4n) is 1.52. The molecule has 0 atom stereocenters. The summed E-state index contributed by atoms with van der Waals surface area (Å²) in [6.45, 7) is 0.600. The van der Waals surface area contributed by atoms with Gasteiger partial charge in [0.1, 0.15) is 0 Å². The van der Waals surface area contributed by atoms with Crippen molar-refractivity contribution < 1.29 is 9.57 Å². The summed E-state index contributed by atoms with van der Waals surface area (Å²) in [6.07, 6.45) is 2.31. The van der Waals surface area contributed by atoms with Gasteiger partial charge in [0.25, 0.3) is 0 Å². The number of methoxy groups -OCH3 is 1. The molecule has 0 radical (unpaired) electrons. The molecule has 1 aromatic heterocycles. The van der Waals surface area contributed by atoms with Gasteiger partial charge in [0.2, 0.25) is 0 Å². The van der Waals surface area contributed by atoms with E-state index in [9.17, 15) is 0 Å². The summed E-state index contributed by atoms with van der Waals surface area (Å²) in [5, 5.41) is 0.920. The summed E-state index contributed by atoms with van der Waals surface area (Å²) in [4.78, 5) is 6.05. The van der Waals surface area contributed by atoms with Crippen LogP contribution in [0.25, 0.3) is 0 Å². The van der Waals surface area contributed by atoms with E-state index in [2.05, 4.69) is 22.0 Å². The van der Waals surface area contributed by atoms with Crippen molar-refractivity contribution in [1.82, 2.24) is 0 Å². The standard InChI is InChI=1S/C9H12BrNO2S/c1-12-8-6(10)4-7(14-8)9(2-3-9)5-13-11/h4H,2-3,5,11H2,1H3. The lowest BCUT2D eigenvalue weighted by atomic mass is 10.1. The second-order valence-electron chi connectivity index (χ2n) is 3.54. The second-order valence-corrected chi connectivity index (χ2v) is 5.41. The lowest BCUT2D eigenvalue weighted by Crippen LogP contribution is -2.16. The van der Waals surface area contributed by atoms with Crippen molar-refractivity contribution in [2.24, 2.45) is 5.90 Å². The Labute approximate surface area is 95.3 Å². The zero-order valence-corrected chi connectivity index (χ0v) is 10.3. The Morgan fingerprint density at radius 1 is 1.64 bits per heavy atom. The molecule has 3 nitrogen and oxygen atoms in total. The van der Waals surface area contributed by atoms with Gasteiger partial charge in [-0.25, -0.2) is 5.90 Å². The third kappa shape index (κ3) is 1.69. The number of hydrogen-bond donors (Lipinski definition) is 1. The van der Waals surface area contributed by atoms with Crippen LogP contribution in [0, 0.1) is 0 Å². The van der Waals surface area contributed by atoms with Crippen LogP contribution in [-0.2, 0) is 10.3 Å². The van der Waals surface area contributed by atoms with E-state index >= 15 is 0 Å². The largest absolute Gasteiger partial charge is 0.486 e. The predicted octanol–water partition coefficient (Wildman–Crippen LogP) is 2.44. The monoisotopic (exact) mass is 277 g/mol. The fourth-order valence-corrected chi connectivity index (χ4v) is 3.41. The van der Waals surface area contributed by atoms with Gasteiger partial charge in [0.05, 0.1) is 18.2 Å². The van der Waals surface area contributed by atoms with Gasteiger partial charge in [-0.3, -0.25) is 0 Å². The number of thiophene rings is 1. The van der Waals surface area contributed by atoms with E-state index in [1.165, 1.54) is 4.88 Å². The molecule has 1 aliphatic carbocycles. The van der Waals surface area contributed by atoms with Crippen molar-refractivity contribution in [2.75, 3.05) is 13.7 Å². The van der Waals surface area contributed by atoms with E-state index in [1.807, 2.05) is 0 Å². The minimum Gasteiger partial charge on any atom is -0.486 e. The van der Waals surface area contributed by atoms with Gasteiger partial charge in [0.15, 0.2) is 5.06 Å². The molecule has 0 aromatic carbocycles. The number of halogens is 1. The third-order valence-corrected chi connectivity index (χ3v) is 4.77. The Bertz CT molecular complexity index is 336. The van der Waals surface area contributed by atoms with Crippen molar-refractivity contribution in [1.29, 1.82) is 0 Å². The van der Waals surface area contributed by atoms with Gasteiger partial charge in [-0.05, 0) is 34.8 Å². The highest BCUT2D eigenvalue weighted by Gasteiger charge is 2.46. The Morgan fingerprint density at radius 2 is 2.36 bits per heavy atom. The number of nitrogens with two attached hydrogens (primary N) is 1. The first-order valence-electron chi connectivity index (χ1n) is 4.37. The van der Waals surface area contributed by atoms with Crippen LogP contribution < -0.4 is 10.6 Å². The van der Waals surface area contributed by atoms with Gasteiger partial charge < -0.3 is 9.57 Å². The Balaban J connectivity index is 2.24. The van der Waals surface area contributed by atoms with Crippen LogP contribution in [0.15, 0.2) is 10.5 Å². The molecule has 0 saturated heterocycles. The minimum absolute atomic E-state index is 0.165. The summed E-state index contributed by atoms with van der Waals surface area (Å²) in [5.74, 6) is 5.13. The average Bonchev–Trinajstić information content (AvgIpc) is 2.84.